The van der Waals surface area contributed by atoms with Crippen LogP contribution in [0.25, 0.3) is 0 Å². The largest absolute Gasteiger partial charge is 0.385 e. The number of hydrogen-bond donors (Lipinski definition) is 1. The smallest absolute Gasteiger partial charge is 0.220 e. The third-order valence-corrected chi connectivity index (χ3v) is 2.21. The van der Waals surface area contributed by atoms with Gasteiger partial charge >= 0.3 is 0 Å². The molecule has 0 aliphatic heterocycles. The average molecular weight is 222 g/mol. The van der Waals surface area contributed by atoms with Gasteiger partial charge in [-0.1, -0.05) is 6.07 Å². The van der Waals surface area contributed by atoms with Crippen LogP contribution < -0.4 is 5.32 Å². The van der Waals surface area contributed by atoms with E-state index >= 15 is 0 Å². The fraction of sp³-hybridized carbons (Fsp3) is 0.500. The van der Waals surface area contributed by atoms with E-state index in [1.165, 1.54) is 0 Å². The van der Waals surface area contributed by atoms with Crippen LogP contribution in [-0.2, 0) is 16.0 Å². The second-order valence-corrected chi connectivity index (χ2v) is 3.56. The molecule has 0 aliphatic rings. The van der Waals surface area contributed by atoms with Crippen molar-refractivity contribution in [2.45, 2.75) is 19.3 Å². The van der Waals surface area contributed by atoms with Crippen molar-refractivity contribution in [1.82, 2.24) is 10.3 Å². The van der Waals surface area contributed by atoms with Gasteiger partial charge in [0, 0.05) is 39.1 Å². The van der Waals surface area contributed by atoms with Crippen molar-refractivity contribution in [3.05, 3.63) is 30.1 Å². The maximum atomic E-state index is 11.4. The number of hydrogen-bond acceptors (Lipinski definition) is 3. The van der Waals surface area contributed by atoms with E-state index in [1.807, 2.05) is 12.1 Å². The molecule has 0 saturated heterocycles. The fourth-order valence-electron chi connectivity index (χ4n) is 1.34. The first kappa shape index (κ1) is 12.6. The Bertz CT molecular complexity index is 301. The first-order chi connectivity index (χ1) is 7.83. The third-order valence-electron chi connectivity index (χ3n) is 2.21. The van der Waals surface area contributed by atoms with Gasteiger partial charge < -0.3 is 10.1 Å². The van der Waals surface area contributed by atoms with Crippen LogP contribution in [0, 0.1) is 0 Å². The number of rotatable bonds is 7. The molecule has 88 valence electrons. The lowest BCUT2D eigenvalue weighted by molar-refractivity contribution is -0.121. The molecular formula is C12H18N2O2. The number of carbonyl (C=O) groups is 1. The van der Waals surface area contributed by atoms with Crippen LogP contribution in [0.2, 0.25) is 0 Å². The molecule has 0 bridgehead atoms. The van der Waals surface area contributed by atoms with E-state index < -0.39 is 0 Å². The highest BCUT2D eigenvalue weighted by molar-refractivity contribution is 5.76. The highest BCUT2D eigenvalue weighted by atomic mass is 16.5. The Balaban J connectivity index is 2.11. The van der Waals surface area contributed by atoms with E-state index in [-0.39, 0.29) is 5.91 Å². The van der Waals surface area contributed by atoms with Gasteiger partial charge in [0.05, 0.1) is 0 Å². The lowest BCUT2D eigenvalue weighted by Crippen LogP contribution is -2.25. The van der Waals surface area contributed by atoms with E-state index in [2.05, 4.69) is 10.3 Å². The molecule has 0 fully saturated rings. The predicted molar refractivity (Wildman–Crippen MR) is 62.1 cm³/mol. The molecule has 1 heterocycles. The summed E-state index contributed by atoms with van der Waals surface area (Å²) in [5.74, 6) is 0.0833. The van der Waals surface area contributed by atoms with E-state index in [4.69, 9.17) is 4.74 Å². The summed E-state index contributed by atoms with van der Waals surface area (Å²) in [6, 6.07) is 3.86. The summed E-state index contributed by atoms with van der Waals surface area (Å²) in [5.41, 5.74) is 1.09. The average Bonchev–Trinajstić information content (AvgIpc) is 2.33. The molecule has 0 aliphatic carbocycles. The van der Waals surface area contributed by atoms with Crippen molar-refractivity contribution in [3.63, 3.8) is 0 Å². The molecule has 0 aromatic carbocycles. The number of aryl methyl sites for hydroxylation is 1. The van der Waals surface area contributed by atoms with Crippen LogP contribution in [0.1, 0.15) is 18.4 Å². The minimum atomic E-state index is 0.0833. The molecule has 16 heavy (non-hydrogen) atoms. The maximum Gasteiger partial charge on any atom is 0.220 e. The SMILES string of the molecule is COCCCNC(=O)CCc1cccnc1. The number of nitrogens with one attached hydrogen (secondary N) is 1. The van der Waals surface area contributed by atoms with Gasteiger partial charge in [0.15, 0.2) is 0 Å². The first-order valence-electron chi connectivity index (χ1n) is 5.47. The minimum absolute atomic E-state index is 0.0833. The number of pyridine rings is 1. The number of ether oxygens (including phenoxy) is 1. The summed E-state index contributed by atoms with van der Waals surface area (Å²) in [4.78, 5) is 15.4. The van der Waals surface area contributed by atoms with Gasteiger partial charge in [0.25, 0.3) is 0 Å². The maximum absolute atomic E-state index is 11.4. The molecule has 1 aromatic rings. The number of methoxy groups -OCH3 is 1. The first-order valence-corrected chi connectivity index (χ1v) is 5.47. The van der Waals surface area contributed by atoms with E-state index in [1.54, 1.807) is 19.5 Å². The molecule has 1 rings (SSSR count). The van der Waals surface area contributed by atoms with Crippen LogP contribution in [0.5, 0.6) is 0 Å². The Hall–Kier alpha value is -1.42. The number of carbonyl (C=O) groups excluding carboxylic acids is 1. The number of nitrogens with zero attached hydrogens (tertiary/aromatic N) is 1. The molecule has 4 heteroatoms. The zero-order valence-corrected chi connectivity index (χ0v) is 9.61. The molecule has 1 aromatic heterocycles. The molecule has 4 nitrogen and oxygen atoms in total. The van der Waals surface area contributed by atoms with Crippen LogP contribution in [0.3, 0.4) is 0 Å². The van der Waals surface area contributed by atoms with Gasteiger partial charge in [0.2, 0.25) is 5.91 Å². The second-order valence-electron chi connectivity index (χ2n) is 3.56. The molecule has 0 unspecified atom stereocenters. The number of aromatic nitrogens is 1. The van der Waals surface area contributed by atoms with Crippen LogP contribution in [0.4, 0.5) is 0 Å². The molecule has 0 saturated carbocycles. The standard InChI is InChI=1S/C12H18N2O2/c1-16-9-3-8-14-12(15)6-5-11-4-2-7-13-10-11/h2,4,7,10H,3,5-6,8-9H2,1H3,(H,14,15). The van der Waals surface area contributed by atoms with Gasteiger partial charge in [0.1, 0.15) is 0 Å². The van der Waals surface area contributed by atoms with E-state index in [0.717, 1.165) is 18.4 Å². The molecule has 1 amide bonds. The fourth-order valence-corrected chi connectivity index (χ4v) is 1.34. The van der Waals surface area contributed by atoms with Gasteiger partial charge in [-0.2, -0.15) is 0 Å². The zero-order chi connectivity index (χ0) is 11.6. The van der Waals surface area contributed by atoms with Crippen LogP contribution in [-0.4, -0.2) is 31.2 Å². The van der Waals surface area contributed by atoms with Crippen LogP contribution >= 0.6 is 0 Å². The molecule has 0 atom stereocenters. The molecular weight excluding hydrogens is 204 g/mol. The highest BCUT2D eigenvalue weighted by Crippen LogP contribution is 1.99. The van der Waals surface area contributed by atoms with E-state index in [9.17, 15) is 4.79 Å². The molecule has 1 N–H and O–H groups in total. The normalized spacial score (nSPS) is 10.1. The Morgan fingerprint density at radius 3 is 3.12 bits per heavy atom. The van der Waals surface area contributed by atoms with Crippen molar-refractivity contribution in [2.24, 2.45) is 0 Å². The van der Waals surface area contributed by atoms with Crippen molar-refractivity contribution in [1.29, 1.82) is 0 Å². The van der Waals surface area contributed by atoms with Crippen molar-refractivity contribution < 1.29 is 9.53 Å². The Kier molecular flexibility index (Phi) is 6.18. The van der Waals surface area contributed by atoms with Crippen molar-refractivity contribution in [2.75, 3.05) is 20.3 Å². The minimum Gasteiger partial charge on any atom is -0.385 e. The predicted octanol–water partition coefficient (Wildman–Crippen LogP) is 1.17. The van der Waals surface area contributed by atoms with Gasteiger partial charge in [-0.25, -0.2) is 0 Å². The summed E-state index contributed by atoms with van der Waals surface area (Å²) in [6.45, 7) is 1.36. The summed E-state index contributed by atoms with van der Waals surface area (Å²) in [6.07, 6.45) is 5.63. The van der Waals surface area contributed by atoms with Gasteiger partial charge in [-0.05, 0) is 24.5 Å². The Labute approximate surface area is 96.0 Å². The lowest BCUT2D eigenvalue weighted by atomic mass is 10.1. The Morgan fingerprint density at radius 2 is 2.44 bits per heavy atom. The van der Waals surface area contributed by atoms with E-state index in [0.29, 0.717) is 19.6 Å². The third kappa shape index (κ3) is 5.46. The summed E-state index contributed by atoms with van der Waals surface area (Å²) in [7, 11) is 1.66. The lowest BCUT2D eigenvalue weighted by Gasteiger charge is -2.04. The van der Waals surface area contributed by atoms with Crippen LogP contribution in [0.15, 0.2) is 24.5 Å². The summed E-state index contributed by atoms with van der Waals surface area (Å²) < 4.78 is 4.89. The zero-order valence-electron chi connectivity index (χ0n) is 9.61. The Morgan fingerprint density at radius 1 is 1.56 bits per heavy atom. The second kappa shape index (κ2) is 7.82. The van der Waals surface area contributed by atoms with Crippen molar-refractivity contribution >= 4 is 5.91 Å². The highest BCUT2D eigenvalue weighted by Gasteiger charge is 2.01. The molecule has 0 spiro atoms. The van der Waals surface area contributed by atoms with Crippen molar-refractivity contribution in [3.8, 4) is 0 Å². The summed E-state index contributed by atoms with van der Waals surface area (Å²) in [5, 5.41) is 2.85. The topological polar surface area (TPSA) is 51.2 Å². The number of amides is 1. The van der Waals surface area contributed by atoms with Gasteiger partial charge in [-0.15, -0.1) is 0 Å². The molecule has 0 radical (unpaired) electrons. The van der Waals surface area contributed by atoms with Gasteiger partial charge in [-0.3, -0.25) is 9.78 Å². The monoisotopic (exact) mass is 222 g/mol. The quantitative estimate of drug-likeness (QED) is 0.704. The summed E-state index contributed by atoms with van der Waals surface area (Å²) >= 11 is 0.